The number of likely N-dealkylation sites (tertiary alicyclic amines) is 1. The standard InChI is InChI=1S/C21H27N3O5S/c1-3-29-17-6-8-18(9-7-17)30(27,28)22-15-16-10-13-24(14-11-16)21(26)19-5-4-12-23(2)20(19)25/h4-9,12,16,22H,3,10-11,13-15H2,1-2H3. The first-order valence-electron chi connectivity index (χ1n) is 9.99. The quantitative estimate of drug-likeness (QED) is 0.716. The van der Waals surface area contributed by atoms with Crippen molar-refractivity contribution in [3.8, 4) is 5.75 Å². The number of piperidine rings is 1. The van der Waals surface area contributed by atoms with Crippen molar-refractivity contribution in [3.63, 3.8) is 0 Å². The van der Waals surface area contributed by atoms with Crippen molar-refractivity contribution in [2.75, 3.05) is 26.2 Å². The first-order valence-corrected chi connectivity index (χ1v) is 11.5. The second kappa shape index (κ2) is 9.44. The number of aromatic nitrogens is 1. The minimum absolute atomic E-state index is 0.130. The third kappa shape index (κ3) is 5.09. The monoisotopic (exact) mass is 433 g/mol. The third-order valence-electron chi connectivity index (χ3n) is 5.26. The first kappa shape index (κ1) is 22.0. The summed E-state index contributed by atoms with van der Waals surface area (Å²) in [5.74, 6) is 0.483. The Hall–Kier alpha value is -2.65. The van der Waals surface area contributed by atoms with Crippen LogP contribution in [0, 0.1) is 5.92 Å². The zero-order chi connectivity index (χ0) is 21.7. The van der Waals surface area contributed by atoms with Crippen LogP contribution in [0.5, 0.6) is 5.75 Å². The molecule has 3 rings (SSSR count). The number of ether oxygens (including phenoxy) is 1. The summed E-state index contributed by atoms with van der Waals surface area (Å²) in [4.78, 5) is 26.7. The maximum Gasteiger partial charge on any atom is 0.263 e. The van der Waals surface area contributed by atoms with Crippen molar-refractivity contribution >= 4 is 15.9 Å². The summed E-state index contributed by atoms with van der Waals surface area (Å²) >= 11 is 0. The summed E-state index contributed by atoms with van der Waals surface area (Å²) in [5.41, 5.74) is -0.151. The number of hydrogen-bond acceptors (Lipinski definition) is 5. The fourth-order valence-corrected chi connectivity index (χ4v) is 4.58. The van der Waals surface area contributed by atoms with E-state index in [2.05, 4.69) is 4.72 Å². The molecule has 1 N–H and O–H groups in total. The SMILES string of the molecule is CCOc1ccc(S(=O)(=O)NCC2CCN(C(=O)c3cccn(C)c3=O)CC2)cc1. The molecule has 2 heterocycles. The van der Waals surface area contributed by atoms with Gasteiger partial charge in [-0.15, -0.1) is 0 Å². The summed E-state index contributed by atoms with van der Waals surface area (Å²) in [5, 5.41) is 0. The van der Waals surface area contributed by atoms with Crippen LogP contribution in [0.4, 0.5) is 0 Å². The Labute approximate surface area is 176 Å². The molecule has 8 nitrogen and oxygen atoms in total. The summed E-state index contributed by atoms with van der Waals surface area (Å²) < 4.78 is 34.4. The lowest BCUT2D eigenvalue weighted by molar-refractivity contribution is 0.0689. The molecule has 1 aliphatic heterocycles. The molecule has 0 aliphatic carbocycles. The van der Waals surface area contributed by atoms with E-state index in [0.717, 1.165) is 0 Å². The Bertz CT molecular complexity index is 1040. The number of hydrogen-bond donors (Lipinski definition) is 1. The van der Waals surface area contributed by atoms with E-state index in [1.165, 1.54) is 16.7 Å². The van der Waals surface area contributed by atoms with E-state index in [-0.39, 0.29) is 27.8 Å². The highest BCUT2D eigenvalue weighted by Crippen LogP contribution is 2.20. The van der Waals surface area contributed by atoms with Gasteiger partial charge in [-0.05, 0) is 62.1 Å². The largest absolute Gasteiger partial charge is 0.494 e. The van der Waals surface area contributed by atoms with E-state index in [4.69, 9.17) is 4.74 Å². The molecule has 1 amide bonds. The van der Waals surface area contributed by atoms with E-state index < -0.39 is 10.0 Å². The average molecular weight is 434 g/mol. The lowest BCUT2D eigenvalue weighted by Gasteiger charge is -2.32. The molecule has 0 atom stereocenters. The van der Waals surface area contributed by atoms with Crippen LogP contribution >= 0.6 is 0 Å². The van der Waals surface area contributed by atoms with Crippen molar-refractivity contribution in [2.45, 2.75) is 24.7 Å². The predicted molar refractivity (Wildman–Crippen MR) is 113 cm³/mol. The van der Waals surface area contributed by atoms with Gasteiger partial charge in [0.05, 0.1) is 11.5 Å². The van der Waals surface area contributed by atoms with Crippen LogP contribution in [0.3, 0.4) is 0 Å². The molecule has 1 aromatic heterocycles. The second-order valence-corrected chi connectivity index (χ2v) is 9.10. The van der Waals surface area contributed by atoms with E-state index in [1.54, 1.807) is 42.4 Å². The smallest absolute Gasteiger partial charge is 0.263 e. The number of amides is 1. The second-order valence-electron chi connectivity index (χ2n) is 7.33. The predicted octanol–water partition coefficient (Wildman–Crippen LogP) is 1.61. The van der Waals surface area contributed by atoms with Crippen LogP contribution in [0.1, 0.15) is 30.1 Å². The van der Waals surface area contributed by atoms with Crippen LogP contribution in [0.2, 0.25) is 0 Å². The minimum atomic E-state index is -3.60. The first-order chi connectivity index (χ1) is 14.3. The molecule has 0 radical (unpaired) electrons. The summed E-state index contributed by atoms with van der Waals surface area (Å²) in [6.45, 7) is 3.68. The van der Waals surface area contributed by atoms with Crippen LogP contribution < -0.4 is 15.0 Å². The van der Waals surface area contributed by atoms with Gasteiger partial charge >= 0.3 is 0 Å². The molecule has 162 valence electrons. The Balaban J connectivity index is 1.53. The lowest BCUT2D eigenvalue weighted by atomic mass is 9.97. The van der Waals surface area contributed by atoms with E-state index in [0.29, 0.717) is 44.8 Å². The number of sulfonamides is 1. The highest BCUT2D eigenvalue weighted by molar-refractivity contribution is 7.89. The van der Waals surface area contributed by atoms with Crippen molar-refractivity contribution in [3.05, 3.63) is 58.5 Å². The number of benzene rings is 1. The zero-order valence-electron chi connectivity index (χ0n) is 17.2. The highest BCUT2D eigenvalue weighted by Gasteiger charge is 2.26. The minimum Gasteiger partial charge on any atom is -0.494 e. The van der Waals surface area contributed by atoms with Crippen molar-refractivity contribution in [2.24, 2.45) is 13.0 Å². The van der Waals surface area contributed by atoms with E-state index >= 15 is 0 Å². The number of nitrogens with one attached hydrogen (secondary N) is 1. The molecule has 1 aliphatic rings. The van der Waals surface area contributed by atoms with Crippen LogP contribution in [-0.4, -0.2) is 50.0 Å². The van der Waals surface area contributed by atoms with Crippen molar-refractivity contribution < 1.29 is 17.9 Å². The van der Waals surface area contributed by atoms with Crippen LogP contribution in [-0.2, 0) is 17.1 Å². The Morgan fingerprint density at radius 3 is 2.47 bits per heavy atom. The summed E-state index contributed by atoms with van der Waals surface area (Å²) in [7, 11) is -1.99. The van der Waals surface area contributed by atoms with Gasteiger partial charge in [0.2, 0.25) is 10.0 Å². The number of carbonyl (C=O) groups is 1. The van der Waals surface area contributed by atoms with Gasteiger partial charge in [0.25, 0.3) is 11.5 Å². The highest BCUT2D eigenvalue weighted by atomic mass is 32.2. The molecule has 0 spiro atoms. The van der Waals surface area contributed by atoms with Gasteiger partial charge in [0.1, 0.15) is 11.3 Å². The molecule has 2 aromatic rings. The van der Waals surface area contributed by atoms with Gasteiger partial charge in [0, 0.05) is 32.9 Å². The molecule has 1 saturated heterocycles. The number of nitrogens with zero attached hydrogens (tertiary/aromatic N) is 2. The molecule has 1 aromatic carbocycles. The van der Waals surface area contributed by atoms with Crippen molar-refractivity contribution in [1.82, 2.24) is 14.2 Å². The molecule has 1 fully saturated rings. The summed E-state index contributed by atoms with van der Waals surface area (Å²) in [6.07, 6.45) is 2.96. The van der Waals surface area contributed by atoms with Gasteiger partial charge in [-0.25, -0.2) is 13.1 Å². The fourth-order valence-electron chi connectivity index (χ4n) is 3.46. The Morgan fingerprint density at radius 1 is 1.17 bits per heavy atom. The Morgan fingerprint density at radius 2 is 1.83 bits per heavy atom. The third-order valence-corrected chi connectivity index (χ3v) is 6.70. The van der Waals surface area contributed by atoms with Crippen LogP contribution in [0.15, 0.2) is 52.3 Å². The molecule has 30 heavy (non-hydrogen) atoms. The van der Waals surface area contributed by atoms with Gasteiger partial charge in [0.15, 0.2) is 0 Å². The normalized spacial score (nSPS) is 15.2. The maximum absolute atomic E-state index is 12.6. The van der Waals surface area contributed by atoms with Gasteiger partial charge in [-0.3, -0.25) is 9.59 Å². The Kier molecular flexibility index (Phi) is 6.94. The van der Waals surface area contributed by atoms with Crippen molar-refractivity contribution in [1.29, 1.82) is 0 Å². The number of rotatable bonds is 7. The molecule has 9 heteroatoms. The van der Waals surface area contributed by atoms with Gasteiger partial charge < -0.3 is 14.2 Å². The molecule has 0 unspecified atom stereocenters. The van der Waals surface area contributed by atoms with E-state index in [9.17, 15) is 18.0 Å². The number of aryl methyl sites for hydroxylation is 1. The van der Waals surface area contributed by atoms with Gasteiger partial charge in [-0.1, -0.05) is 0 Å². The molecule has 0 bridgehead atoms. The van der Waals surface area contributed by atoms with E-state index in [1.807, 2.05) is 6.92 Å². The lowest BCUT2D eigenvalue weighted by Crippen LogP contribution is -2.43. The molecule has 0 saturated carbocycles. The maximum atomic E-state index is 12.6. The number of carbonyl (C=O) groups excluding carboxylic acids is 1. The van der Waals surface area contributed by atoms with Crippen LogP contribution in [0.25, 0.3) is 0 Å². The topological polar surface area (TPSA) is 97.7 Å². The fraction of sp³-hybridized carbons (Fsp3) is 0.429. The molecular formula is C21H27N3O5S. The van der Waals surface area contributed by atoms with Gasteiger partial charge in [-0.2, -0.15) is 0 Å². The number of pyridine rings is 1. The molecular weight excluding hydrogens is 406 g/mol. The average Bonchev–Trinajstić information content (AvgIpc) is 2.75. The zero-order valence-corrected chi connectivity index (χ0v) is 18.0. The summed E-state index contributed by atoms with van der Waals surface area (Å²) in [6, 6.07) is 9.54.